The fraction of sp³-hybridized carbons (Fsp3) is 0.733. The highest BCUT2D eigenvalue weighted by Gasteiger charge is 2.33. The zero-order valence-electron chi connectivity index (χ0n) is 13.5. The van der Waals surface area contributed by atoms with E-state index in [-0.39, 0.29) is 12.0 Å². The van der Waals surface area contributed by atoms with Gasteiger partial charge in [-0.25, -0.2) is 9.78 Å². The van der Waals surface area contributed by atoms with E-state index in [4.69, 9.17) is 4.74 Å². The van der Waals surface area contributed by atoms with Crippen LogP contribution in [0.4, 0.5) is 18.0 Å². The van der Waals surface area contributed by atoms with E-state index in [0.29, 0.717) is 25.3 Å². The van der Waals surface area contributed by atoms with Crippen LogP contribution in [-0.2, 0) is 17.3 Å². The molecule has 1 atom stereocenters. The fourth-order valence-corrected chi connectivity index (χ4v) is 2.61. The van der Waals surface area contributed by atoms with Crippen molar-refractivity contribution < 1.29 is 22.7 Å². The minimum absolute atomic E-state index is 0.0727. The summed E-state index contributed by atoms with van der Waals surface area (Å²) in [5, 5.41) is 0. The molecule has 0 aromatic carbocycles. The molecule has 1 aromatic heterocycles. The monoisotopic (exact) mass is 333 g/mol. The summed E-state index contributed by atoms with van der Waals surface area (Å²) < 4.78 is 43.0. The summed E-state index contributed by atoms with van der Waals surface area (Å²) >= 11 is 0. The SMILES string of the molecule is CC(C)(C)OC(=O)N1CCCC(Cc2ncc(C(F)(F)F)[nH]2)C1. The van der Waals surface area contributed by atoms with E-state index in [0.717, 1.165) is 19.0 Å². The molecule has 0 spiro atoms. The van der Waals surface area contributed by atoms with E-state index < -0.39 is 17.5 Å². The first-order chi connectivity index (χ1) is 10.5. The highest BCUT2D eigenvalue weighted by atomic mass is 19.4. The van der Waals surface area contributed by atoms with E-state index in [1.165, 1.54) is 0 Å². The van der Waals surface area contributed by atoms with Gasteiger partial charge in [0.05, 0.1) is 6.20 Å². The van der Waals surface area contributed by atoms with Crippen molar-refractivity contribution in [2.24, 2.45) is 5.92 Å². The van der Waals surface area contributed by atoms with Gasteiger partial charge in [0.25, 0.3) is 0 Å². The Hall–Kier alpha value is -1.73. The number of hydrogen-bond acceptors (Lipinski definition) is 3. The quantitative estimate of drug-likeness (QED) is 0.899. The molecule has 1 N–H and O–H groups in total. The summed E-state index contributed by atoms with van der Waals surface area (Å²) in [5.74, 6) is 0.372. The maximum atomic E-state index is 12.6. The maximum Gasteiger partial charge on any atom is 0.432 e. The molecule has 0 radical (unpaired) electrons. The van der Waals surface area contributed by atoms with Crippen molar-refractivity contribution in [3.05, 3.63) is 17.7 Å². The van der Waals surface area contributed by atoms with Crippen LogP contribution in [0.5, 0.6) is 0 Å². The molecule has 0 bridgehead atoms. The van der Waals surface area contributed by atoms with Gasteiger partial charge in [0.15, 0.2) is 0 Å². The van der Waals surface area contributed by atoms with Gasteiger partial charge in [0, 0.05) is 19.5 Å². The molecule has 1 aliphatic heterocycles. The number of nitrogens with one attached hydrogen (secondary N) is 1. The molecule has 1 fully saturated rings. The molecule has 1 aliphatic rings. The first-order valence-corrected chi connectivity index (χ1v) is 7.63. The molecule has 1 unspecified atom stereocenters. The summed E-state index contributed by atoms with van der Waals surface area (Å²) in [7, 11) is 0. The van der Waals surface area contributed by atoms with Gasteiger partial charge >= 0.3 is 12.3 Å². The highest BCUT2D eigenvalue weighted by molar-refractivity contribution is 5.68. The van der Waals surface area contributed by atoms with Crippen molar-refractivity contribution >= 4 is 6.09 Å². The fourth-order valence-electron chi connectivity index (χ4n) is 2.61. The van der Waals surface area contributed by atoms with E-state index >= 15 is 0 Å². The average Bonchev–Trinajstić information content (AvgIpc) is 2.85. The number of carbonyl (C=O) groups excluding carboxylic acids is 1. The van der Waals surface area contributed by atoms with Crippen LogP contribution in [0.15, 0.2) is 6.20 Å². The van der Waals surface area contributed by atoms with Gasteiger partial charge in [-0.1, -0.05) is 0 Å². The van der Waals surface area contributed by atoms with Gasteiger partial charge in [-0.2, -0.15) is 13.2 Å². The Bertz CT molecular complexity index is 549. The van der Waals surface area contributed by atoms with Gasteiger partial charge < -0.3 is 14.6 Å². The third-order valence-corrected chi connectivity index (χ3v) is 3.59. The van der Waals surface area contributed by atoms with Gasteiger partial charge in [0.2, 0.25) is 0 Å². The Morgan fingerprint density at radius 2 is 2.13 bits per heavy atom. The zero-order chi connectivity index (χ0) is 17.3. The molecule has 1 saturated heterocycles. The van der Waals surface area contributed by atoms with Crippen LogP contribution in [0, 0.1) is 5.92 Å². The molecule has 5 nitrogen and oxygen atoms in total. The summed E-state index contributed by atoms with van der Waals surface area (Å²) in [6.07, 6.45) is -1.95. The van der Waals surface area contributed by atoms with Crippen molar-refractivity contribution in [1.82, 2.24) is 14.9 Å². The lowest BCUT2D eigenvalue weighted by molar-refractivity contribution is -0.140. The van der Waals surface area contributed by atoms with Crippen LogP contribution < -0.4 is 0 Å². The normalized spacial score (nSPS) is 19.7. The number of nitrogens with zero attached hydrogens (tertiary/aromatic N) is 2. The number of halogens is 3. The molecule has 1 amide bonds. The molecule has 1 aromatic rings. The summed E-state index contributed by atoms with van der Waals surface area (Å²) in [4.78, 5) is 19.8. The van der Waals surface area contributed by atoms with Crippen LogP contribution in [0.2, 0.25) is 0 Å². The number of piperidine rings is 1. The number of likely N-dealkylation sites (tertiary alicyclic amines) is 1. The van der Waals surface area contributed by atoms with E-state index in [1.807, 2.05) is 0 Å². The van der Waals surface area contributed by atoms with Crippen molar-refractivity contribution in [1.29, 1.82) is 0 Å². The number of hydrogen-bond donors (Lipinski definition) is 1. The van der Waals surface area contributed by atoms with Gasteiger partial charge in [0.1, 0.15) is 17.1 Å². The second-order valence-corrected chi connectivity index (χ2v) is 6.88. The Morgan fingerprint density at radius 3 is 2.70 bits per heavy atom. The predicted molar refractivity (Wildman–Crippen MR) is 77.8 cm³/mol. The summed E-state index contributed by atoms with van der Waals surface area (Å²) in [5.41, 5.74) is -1.40. The number of amides is 1. The first kappa shape index (κ1) is 17.6. The number of carbonyl (C=O) groups is 1. The lowest BCUT2D eigenvalue weighted by Crippen LogP contribution is -2.43. The van der Waals surface area contributed by atoms with E-state index in [2.05, 4.69) is 9.97 Å². The van der Waals surface area contributed by atoms with Crippen LogP contribution >= 0.6 is 0 Å². The number of rotatable bonds is 2. The van der Waals surface area contributed by atoms with Crippen LogP contribution in [0.25, 0.3) is 0 Å². The smallest absolute Gasteiger partial charge is 0.432 e. The van der Waals surface area contributed by atoms with Crippen molar-refractivity contribution in [3.63, 3.8) is 0 Å². The maximum absolute atomic E-state index is 12.6. The molecule has 2 heterocycles. The number of alkyl halides is 3. The Kier molecular flexibility index (Phi) is 4.91. The zero-order valence-corrected chi connectivity index (χ0v) is 13.5. The second-order valence-electron chi connectivity index (χ2n) is 6.88. The van der Waals surface area contributed by atoms with Crippen molar-refractivity contribution in [3.8, 4) is 0 Å². The molecule has 0 aliphatic carbocycles. The number of H-pyrrole nitrogens is 1. The molecule has 8 heteroatoms. The minimum atomic E-state index is -4.42. The van der Waals surface area contributed by atoms with Crippen molar-refractivity contribution in [2.45, 2.75) is 51.8 Å². The molecular formula is C15H22F3N3O2. The molecular weight excluding hydrogens is 311 g/mol. The van der Waals surface area contributed by atoms with Gasteiger partial charge in [-0.05, 0) is 39.5 Å². The average molecular weight is 333 g/mol. The van der Waals surface area contributed by atoms with E-state index in [9.17, 15) is 18.0 Å². The minimum Gasteiger partial charge on any atom is -0.444 e. The summed E-state index contributed by atoms with van der Waals surface area (Å²) in [6.45, 7) is 6.48. The second kappa shape index (κ2) is 6.41. The topological polar surface area (TPSA) is 58.2 Å². The standard InChI is InChI=1S/C15H22F3N3O2/c1-14(2,3)23-13(22)21-6-4-5-10(9-21)7-12-19-8-11(20-12)15(16,17)18/h8,10H,4-7,9H2,1-3H3,(H,19,20). The first-order valence-electron chi connectivity index (χ1n) is 7.63. The summed E-state index contributed by atoms with van der Waals surface area (Å²) in [6, 6.07) is 0. The molecule has 23 heavy (non-hydrogen) atoms. The van der Waals surface area contributed by atoms with Crippen LogP contribution in [0.1, 0.15) is 45.1 Å². The van der Waals surface area contributed by atoms with Crippen LogP contribution in [-0.4, -0.2) is 39.7 Å². The van der Waals surface area contributed by atoms with Crippen LogP contribution in [0.3, 0.4) is 0 Å². The number of aromatic nitrogens is 2. The van der Waals surface area contributed by atoms with E-state index in [1.54, 1.807) is 25.7 Å². The lowest BCUT2D eigenvalue weighted by atomic mass is 9.95. The van der Waals surface area contributed by atoms with Crippen molar-refractivity contribution in [2.75, 3.05) is 13.1 Å². The largest absolute Gasteiger partial charge is 0.444 e. The Labute approximate surface area is 133 Å². The van der Waals surface area contributed by atoms with Gasteiger partial charge in [-0.3, -0.25) is 0 Å². The highest BCUT2D eigenvalue weighted by Crippen LogP contribution is 2.28. The number of aromatic amines is 1. The third kappa shape index (κ3) is 5.14. The predicted octanol–water partition coefficient (Wildman–Crippen LogP) is 3.62. The Balaban J connectivity index is 1.94. The number of ether oxygens (including phenoxy) is 1. The lowest BCUT2D eigenvalue weighted by Gasteiger charge is -2.33. The Morgan fingerprint density at radius 1 is 1.43 bits per heavy atom. The molecule has 130 valence electrons. The third-order valence-electron chi connectivity index (χ3n) is 3.59. The molecule has 0 saturated carbocycles. The van der Waals surface area contributed by atoms with Gasteiger partial charge in [-0.15, -0.1) is 0 Å². The number of imidazole rings is 1. The molecule has 2 rings (SSSR count).